The number of methoxy groups -OCH3 is 1. The van der Waals surface area contributed by atoms with Gasteiger partial charge < -0.3 is 19.7 Å². The number of halogens is 1. The van der Waals surface area contributed by atoms with E-state index in [1.54, 1.807) is 26.1 Å². The second-order valence-corrected chi connectivity index (χ2v) is 5.51. The molecular weight excluding hydrogens is 318 g/mol. The molecule has 0 spiro atoms. The van der Waals surface area contributed by atoms with Crippen LogP contribution in [0.1, 0.15) is 6.92 Å². The molecule has 0 saturated carbocycles. The molecule has 1 rings (SSSR count). The summed E-state index contributed by atoms with van der Waals surface area (Å²) in [6, 6.07) is 7.23. The van der Waals surface area contributed by atoms with E-state index >= 15 is 0 Å². The molecule has 0 aliphatic rings. The van der Waals surface area contributed by atoms with Crippen LogP contribution in [0.2, 0.25) is 5.02 Å². The largest absolute Gasteiger partial charge is 0.492 e. The zero-order chi connectivity index (χ0) is 17.2. The van der Waals surface area contributed by atoms with Crippen LogP contribution in [-0.2, 0) is 9.53 Å². The highest BCUT2D eigenvalue weighted by Gasteiger charge is 2.14. The van der Waals surface area contributed by atoms with Crippen molar-refractivity contribution >= 4 is 23.5 Å². The zero-order valence-corrected chi connectivity index (χ0v) is 14.8. The topological polar surface area (TPSA) is 63.2 Å². The number of ether oxygens (including phenoxy) is 2. The average Bonchev–Trinajstić information content (AvgIpc) is 2.56. The van der Waals surface area contributed by atoms with Crippen molar-refractivity contribution in [3.8, 4) is 5.75 Å². The van der Waals surface area contributed by atoms with Crippen molar-refractivity contribution in [2.45, 2.75) is 6.92 Å². The summed E-state index contributed by atoms with van der Waals surface area (Å²) in [6.45, 7) is 3.41. The van der Waals surface area contributed by atoms with Gasteiger partial charge in [0.1, 0.15) is 12.4 Å². The van der Waals surface area contributed by atoms with Crippen LogP contribution < -0.4 is 10.1 Å². The second-order valence-electron chi connectivity index (χ2n) is 5.08. The van der Waals surface area contributed by atoms with Crippen LogP contribution in [0.25, 0.3) is 0 Å². The maximum Gasteiger partial charge on any atom is 0.310 e. The fraction of sp³-hybridized carbons (Fsp3) is 0.500. The van der Waals surface area contributed by atoms with Gasteiger partial charge in [0.25, 0.3) is 0 Å². The SMILES string of the molecule is CN=C(NCC(C)C(=O)OC)N(C)CCOc1ccc(Cl)cc1. The first-order valence-electron chi connectivity index (χ1n) is 7.36. The number of hydrogen-bond acceptors (Lipinski definition) is 4. The Morgan fingerprint density at radius 2 is 2.04 bits per heavy atom. The number of nitrogens with one attached hydrogen (secondary N) is 1. The highest BCUT2D eigenvalue weighted by atomic mass is 35.5. The van der Waals surface area contributed by atoms with Crippen molar-refractivity contribution in [1.82, 2.24) is 10.2 Å². The number of rotatable bonds is 7. The summed E-state index contributed by atoms with van der Waals surface area (Å²) >= 11 is 5.83. The van der Waals surface area contributed by atoms with Gasteiger partial charge in [0.15, 0.2) is 5.96 Å². The first-order valence-corrected chi connectivity index (χ1v) is 7.73. The lowest BCUT2D eigenvalue weighted by atomic mass is 10.2. The molecular formula is C16H24ClN3O3. The Balaban J connectivity index is 2.37. The maximum atomic E-state index is 11.4. The standard InChI is InChI=1S/C16H24ClN3O3/c1-12(15(21)22-4)11-19-16(18-2)20(3)9-10-23-14-7-5-13(17)6-8-14/h5-8,12H,9-11H2,1-4H3,(H,18,19). The lowest BCUT2D eigenvalue weighted by Crippen LogP contribution is -2.43. The third-order valence-corrected chi connectivity index (χ3v) is 3.50. The summed E-state index contributed by atoms with van der Waals surface area (Å²) in [5, 5.41) is 3.82. The molecule has 0 amide bonds. The van der Waals surface area contributed by atoms with Gasteiger partial charge in [-0.15, -0.1) is 0 Å². The molecule has 0 aromatic heterocycles. The lowest BCUT2D eigenvalue weighted by molar-refractivity contribution is -0.144. The van der Waals surface area contributed by atoms with Crippen LogP contribution in [0.15, 0.2) is 29.3 Å². The van der Waals surface area contributed by atoms with Crippen LogP contribution in [0.5, 0.6) is 5.75 Å². The summed E-state index contributed by atoms with van der Waals surface area (Å²) in [6.07, 6.45) is 0. The lowest BCUT2D eigenvalue weighted by Gasteiger charge is -2.23. The summed E-state index contributed by atoms with van der Waals surface area (Å²) in [7, 11) is 4.99. The molecule has 0 aliphatic carbocycles. The van der Waals surface area contributed by atoms with E-state index in [-0.39, 0.29) is 11.9 Å². The predicted molar refractivity (Wildman–Crippen MR) is 92.1 cm³/mol. The monoisotopic (exact) mass is 341 g/mol. The van der Waals surface area contributed by atoms with Crippen LogP contribution >= 0.6 is 11.6 Å². The van der Waals surface area contributed by atoms with Gasteiger partial charge in [-0.05, 0) is 24.3 Å². The quantitative estimate of drug-likeness (QED) is 0.467. The molecule has 0 radical (unpaired) electrons. The fourth-order valence-electron chi connectivity index (χ4n) is 1.85. The van der Waals surface area contributed by atoms with Crippen molar-refractivity contribution in [2.75, 3.05) is 40.9 Å². The molecule has 1 aromatic rings. The normalized spacial score (nSPS) is 12.5. The number of nitrogens with zero attached hydrogens (tertiary/aromatic N) is 2. The molecule has 1 N–H and O–H groups in total. The van der Waals surface area contributed by atoms with E-state index in [1.807, 2.05) is 24.1 Å². The van der Waals surface area contributed by atoms with Gasteiger partial charge >= 0.3 is 5.97 Å². The molecule has 0 fully saturated rings. The number of esters is 1. The molecule has 128 valence electrons. The first kappa shape index (κ1) is 19.1. The molecule has 0 saturated heterocycles. The van der Waals surface area contributed by atoms with Crippen molar-refractivity contribution < 1.29 is 14.3 Å². The Morgan fingerprint density at radius 1 is 1.39 bits per heavy atom. The Morgan fingerprint density at radius 3 is 2.61 bits per heavy atom. The van der Waals surface area contributed by atoms with E-state index in [1.165, 1.54) is 7.11 Å². The Hall–Kier alpha value is -1.95. The van der Waals surface area contributed by atoms with E-state index in [0.717, 1.165) is 5.75 Å². The van der Waals surface area contributed by atoms with E-state index in [2.05, 4.69) is 10.3 Å². The van der Waals surface area contributed by atoms with Crippen molar-refractivity contribution in [1.29, 1.82) is 0 Å². The Kier molecular flexibility index (Phi) is 8.26. The summed E-state index contributed by atoms with van der Waals surface area (Å²) in [5.41, 5.74) is 0. The van der Waals surface area contributed by atoms with E-state index in [9.17, 15) is 4.79 Å². The Labute approximate surface area is 142 Å². The maximum absolute atomic E-state index is 11.4. The summed E-state index contributed by atoms with van der Waals surface area (Å²) < 4.78 is 10.3. The molecule has 1 aromatic carbocycles. The number of carbonyl (C=O) groups is 1. The van der Waals surface area contributed by atoms with Crippen molar-refractivity contribution in [3.63, 3.8) is 0 Å². The molecule has 0 bridgehead atoms. The first-order chi connectivity index (χ1) is 11.0. The molecule has 0 heterocycles. The average molecular weight is 342 g/mol. The minimum atomic E-state index is -0.248. The molecule has 1 atom stereocenters. The van der Waals surface area contributed by atoms with Crippen molar-refractivity contribution in [2.24, 2.45) is 10.9 Å². The number of aliphatic imine (C=N–C) groups is 1. The zero-order valence-electron chi connectivity index (χ0n) is 14.0. The minimum Gasteiger partial charge on any atom is -0.492 e. The van der Waals surface area contributed by atoms with Gasteiger partial charge in [-0.3, -0.25) is 9.79 Å². The van der Waals surface area contributed by atoms with Gasteiger partial charge in [-0.1, -0.05) is 18.5 Å². The number of benzene rings is 1. The fourth-order valence-corrected chi connectivity index (χ4v) is 1.98. The second kappa shape index (κ2) is 9.94. The van der Waals surface area contributed by atoms with Crippen molar-refractivity contribution in [3.05, 3.63) is 29.3 Å². The Bertz CT molecular complexity index is 520. The highest BCUT2D eigenvalue weighted by molar-refractivity contribution is 6.30. The van der Waals surface area contributed by atoms with Crippen LogP contribution in [0.4, 0.5) is 0 Å². The van der Waals surface area contributed by atoms with E-state index in [4.69, 9.17) is 21.1 Å². The predicted octanol–water partition coefficient (Wildman–Crippen LogP) is 2.04. The smallest absolute Gasteiger partial charge is 0.310 e. The van der Waals surface area contributed by atoms with Crippen LogP contribution in [0, 0.1) is 5.92 Å². The van der Waals surface area contributed by atoms with Crippen LogP contribution in [-0.4, -0.2) is 57.7 Å². The number of carbonyl (C=O) groups excluding carboxylic acids is 1. The number of guanidine groups is 1. The molecule has 23 heavy (non-hydrogen) atoms. The highest BCUT2D eigenvalue weighted by Crippen LogP contribution is 2.15. The summed E-state index contributed by atoms with van der Waals surface area (Å²) in [4.78, 5) is 17.5. The summed E-state index contributed by atoms with van der Waals surface area (Å²) in [5.74, 6) is 0.975. The molecule has 7 heteroatoms. The third-order valence-electron chi connectivity index (χ3n) is 3.25. The van der Waals surface area contributed by atoms with E-state index < -0.39 is 0 Å². The molecule has 1 unspecified atom stereocenters. The van der Waals surface area contributed by atoms with Gasteiger partial charge in [-0.2, -0.15) is 0 Å². The third kappa shape index (κ3) is 6.78. The van der Waals surface area contributed by atoms with E-state index in [0.29, 0.717) is 30.7 Å². The molecule has 6 nitrogen and oxygen atoms in total. The van der Waals surface area contributed by atoms with Gasteiger partial charge in [-0.25, -0.2) is 0 Å². The van der Waals surface area contributed by atoms with Gasteiger partial charge in [0, 0.05) is 25.7 Å². The number of hydrogen-bond donors (Lipinski definition) is 1. The molecule has 0 aliphatic heterocycles. The number of likely N-dealkylation sites (N-methyl/N-ethyl adjacent to an activating group) is 1. The minimum absolute atomic E-state index is 0.240. The van der Waals surface area contributed by atoms with Gasteiger partial charge in [0.05, 0.1) is 19.6 Å². The van der Waals surface area contributed by atoms with Crippen LogP contribution in [0.3, 0.4) is 0 Å². The van der Waals surface area contributed by atoms with Gasteiger partial charge in [0.2, 0.25) is 0 Å².